The van der Waals surface area contributed by atoms with Crippen LogP contribution in [0.25, 0.3) is 0 Å². The number of carbonyl (C=O) groups excluding carboxylic acids is 1. The van der Waals surface area contributed by atoms with E-state index in [1.54, 1.807) is 11.3 Å². The molecule has 1 unspecified atom stereocenters. The van der Waals surface area contributed by atoms with Crippen molar-refractivity contribution >= 4 is 27.3 Å². The van der Waals surface area contributed by atoms with Gasteiger partial charge in [0, 0.05) is 18.7 Å². The minimum Gasteiger partial charge on any atom is -0.350 e. The molecule has 1 aromatic heterocycles. The highest BCUT2D eigenvalue weighted by molar-refractivity contribution is 7.89. The number of rotatable bonds is 9. The number of hydrogen-bond acceptors (Lipinski definition) is 5. The van der Waals surface area contributed by atoms with Gasteiger partial charge < -0.3 is 10.2 Å². The highest BCUT2D eigenvalue weighted by Crippen LogP contribution is 2.20. The fourth-order valence-corrected chi connectivity index (χ4v) is 4.10. The van der Waals surface area contributed by atoms with E-state index < -0.39 is 10.0 Å². The van der Waals surface area contributed by atoms with E-state index in [9.17, 15) is 13.2 Å². The van der Waals surface area contributed by atoms with Crippen LogP contribution in [0.5, 0.6) is 0 Å². The fraction of sp³-hybridized carbons (Fsp3) is 0.278. The third-order valence-electron chi connectivity index (χ3n) is 3.85. The number of thiophene rings is 1. The second kappa shape index (κ2) is 9.09. The molecule has 6 nitrogen and oxygen atoms in total. The zero-order valence-corrected chi connectivity index (χ0v) is 16.4. The summed E-state index contributed by atoms with van der Waals surface area (Å²) in [6, 6.07) is 7.97. The van der Waals surface area contributed by atoms with Crippen LogP contribution in [0.4, 0.5) is 0 Å². The van der Waals surface area contributed by atoms with Crippen molar-refractivity contribution in [3.05, 3.63) is 64.9 Å². The van der Waals surface area contributed by atoms with Gasteiger partial charge in [0.15, 0.2) is 0 Å². The molecule has 0 fully saturated rings. The Hall–Kier alpha value is -2.00. The number of hydrogen-bond donors (Lipinski definition) is 2. The molecule has 0 aliphatic rings. The molecule has 0 aliphatic carbocycles. The molecule has 1 aromatic carbocycles. The normalized spacial score (nSPS) is 12.7. The Morgan fingerprint density at radius 1 is 1.27 bits per heavy atom. The summed E-state index contributed by atoms with van der Waals surface area (Å²) in [4.78, 5) is 14.5. The van der Waals surface area contributed by atoms with Gasteiger partial charge in [0.05, 0.1) is 10.9 Å². The molecule has 0 radical (unpaired) electrons. The maximum atomic E-state index is 12.4. The number of sulfonamides is 1. The first-order valence-electron chi connectivity index (χ1n) is 8.02. The third kappa shape index (κ3) is 5.25. The van der Waals surface area contributed by atoms with E-state index in [1.807, 2.05) is 30.4 Å². The van der Waals surface area contributed by atoms with E-state index in [1.165, 1.54) is 30.3 Å². The van der Waals surface area contributed by atoms with E-state index in [4.69, 9.17) is 0 Å². The van der Waals surface area contributed by atoms with Crippen molar-refractivity contribution in [1.29, 1.82) is 0 Å². The van der Waals surface area contributed by atoms with Gasteiger partial charge >= 0.3 is 0 Å². The van der Waals surface area contributed by atoms with Crippen molar-refractivity contribution in [2.24, 2.45) is 0 Å². The molecule has 1 atom stereocenters. The Morgan fingerprint density at radius 2 is 1.96 bits per heavy atom. The van der Waals surface area contributed by atoms with Crippen molar-refractivity contribution in [2.45, 2.75) is 10.9 Å². The Balaban J connectivity index is 2.02. The Bertz CT molecular complexity index is 829. The highest BCUT2D eigenvalue weighted by Gasteiger charge is 2.17. The van der Waals surface area contributed by atoms with Crippen molar-refractivity contribution < 1.29 is 13.2 Å². The van der Waals surface area contributed by atoms with Gasteiger partial charge in [-0.1, -0.05) is 6.08 Å². The van der Waals surface area contributed by atoms with Crippen molar-refractivity contribution in [1.82, 2.24) is 14.9 Å². The van der Waals surface area contributed by atoms with Crippen LogP contribution in [0, 0.1) is 0 Å². The summed E-state index contributed by atoms with van der Waals surface area (Å²) >= 11 is 1.62. The van der Waals surface area contributed by atoms with E-state index in [0.717, 1.165) is 5.56 Å². The molecule has 0 saturated heterocycles. The molecule has 0 aliphatic heterocycles. The second-order valence-corrected chi connectivity index (χ2v) is 8.46. The maximum Gasteiger partial charge on any atom is 0.251 e. The van der Waals surface area contributed by atoms with Gasteiger partial charge in [-0.05, 0) is 60.8 Å². The van der Waals surface area contributed by atoms with Crippen LogP contribution in [0.1, 0.15) is 22.0 Å². The first-order chi connectivity index (χ1) is 12.3. The minimum atomic E-state index is -3.59. The van der Waals surface area contributed by atoms with Gasteiger partial charge in [-0.2, -0.15) is 11.3 Å². The summed E-state index contributed by atoms with van der Waals surface area (Å²) in [7, 11) is 0.335. The highest BCUT2D eigenvalue weighted by atomic mass is 32.2. The third-order valence-corrected chi connectivity index (χ3v) is 5.99. The van der Waals surface area contributed by atoms with E-state index in [0.29, 0.717) is 12.1 Å². The average molecular weight is 394 g/mol. The van der Waals surface area contributed by atoms with Crippen molar-refractivity contribution in [3.63, 3.8) is 0 Å². The first-order valence-corrected chi connectivity index (χ1v) is 10.4. The summed E-state index contributed by atoms with van der Waals surface area (Å²) in [5, 5.41) is 6.98. The van der Waals surface area contributed by atoms with Crippen LogP contribution in [0.3, 0.4) is 0 Å². The predicted molar refractivity (Wildman–Crippen MR) is 105 cm³/mol. The van der Waals surface area contributed by atoms with Crippen LogP contribution < -0.4 is 10.0 Å². The number of nitrogens with one attached hydrogen (secondary N) is 2. The maximum absolute atomic E-state index is 12.4. The molecule has 140 valence electrons. The molecule has 1 heterocycles. The number of amides is 1. The predicted octanol–water partition coefficient (Wildman–Crippen LogP) is 2.25. The van der Waals surface area contributed by atoms with Gasteiger partial charge in [0.25, 0.3) is 5.91 Å². The summed E-state index contributed by atoms with van der Waals surface area (Å²) in [6.07, 6.45) is 1.47. The van der Waals surface area contributed by atoms with Crippen LogP contribution >= 0.6 is 11.3 Å². The second-order valence-electron chi connectivity index (χ2n) is 5.91. The summed E-state index contributed by atoms with van der Waals surface area (Å²) < 4.78 is 26.5. The van der Waals surface area contributed by atoms with E-state index in [-0.39, 0.29) is 23.4 Å². The lowest BCUT2D eigenvalue weighted by atomic mass is 10.1. The number of benzene rings is 1. The van der Waals surface area contributed by atoms with Gasteiger partial charge in [-0.25, -0.2) is 13.1 Å². The van der Waals surface area contributed by atoms with E-state index in [2.05, 4.69) is 22.0 Å². The molecule has 8 heteroatoms. The Labute approximate surface area is 158 Å². The standard InChI is InChI=1S/C18H23N3O3S2/c1-4-10-20-26(23,24)16-7-5-14(6-8-16)18(22)19-12-17(21(2)3)15-9-11-25-13-15/h4-9,11,13,17,20H,1,10,12H2,2-3H3,(H,19,22). The number of likely N-dealkylation sites (N-methyl/N-ethyl adjacent to an activating group) is 1. The lowest BCUT2D eigenvalue weighted by molar-refractivity contribution is 0.0942. The van der Waals surface area contributed by atoms with E-state index >= 15 is 0 Å². The summed E-state index contributed by atoms with van der Waals surface area (Å²) in [5.41, 5.74) is 1.56. The molecule has 2 rings (SSSR count). The van der Waals surface area contributed by atoms with Gasteiger partial charge in [-0.3, -0.25) is 4.79 Å². The van der Waals surface area contributed by atoms with Gasteiger partial charge in [0.1, 0.15) is 0 Å². The SMILES string of the molecule is C=CCNS(=O)(=O)c1ccc(C(=O)NCC(c2ccsc2)N(C)C)cc1. The topological polar surface area (TPSA) is 78.5 Å². The summed E-state index contributed by atoms with van der Waals surface area (Å²) in [5.74, 6) is -0.241. The minimum absolute atomic E-state index is 0.0768. The van der Waals surface area contributed by atoms with Gasteiger partial charge in [0.2, 0.25) is 10.0 Å². The Kier molecular flexibility index (Phi) is 7.10. The molecule has 2 aromatic rings. The molecule has 2 N–H and O–H groups in total. The van der Waals surface area contributed by atoms with Crippen molar-refractivity contribution in [3.8, 4) is 0 Å². The first kappa shape index (κ1) is 20.3. The largest absolute Gasteiger partial charge is 0.350 e. The molecule has 0 saturated carbocycles. The lowest BCUT2D eigenvalue weighted by Gasteiger charge is -2.24. The average Bonchev–Trinajstić information content (AvgIpc) is 3.14. The smallest absolute Gasteiger partial charge is 0.251 e. The quantitative estimate of drug-likeness (QED) is 0.641. The Morgan fingerprint density at radius 3 is 2.50 bits per heavy atom. The van der Waals surface area contributed by atoms with Crippen LogP contribution in [-0.2, 0) is 10.0 Å². The monoisotopic (exact) mass is 393 g/mol. The molecular formula is C18H23N3O3S2. The number of nitrogens with zero attached hydrogens (tertiary/aromatic N) is 1. The molecular weight excluding hydrogens is 370 g/mol. The van der Waals surface area contributed by atoms with Crippen molar-refractivity contribution in [2.75, 3.05) is 27.2 Å². The molecule has 26 heavy (non-hydrogen) atoms. The zero-order chi connectivity index (χ0) is 19.2. The number of carbonyl (C=O) groups is 1. The van der Waals surface area contributed by atoms with Gasteiger partial charge in [-0.15, -0.1) is 6.58 Å². The lowest BCUT2D eigenvalue weighted by Crippen LogP contribution is -2.34. The van der Waals surface area contributed by atoms with Crippen LogP contribution in [-0.4, -0.2) is 46.4 Å². The van der Waals surface area contributed by atoms with Crippen LogP contribution in [0.15, 0.2) is 58.6 Å². The summed E-state index contributed by atoms with van der Waals surface area (Å²) in [6.45, 7) is 4.09. The molecule has 1 amide bonds. The zero-order valence-electron chi connectivity index (χ0n) is 14.8. The van der Waals surface area contributed by atoms with Crippen LogP contribution in [0.2, 0.25) is 0 Å². The molecule has 0 spiro atoms. The molecule has 0 bridgehead atoms. The fourth-order valence-electron chi connectivity index (χ4n) is 2.39.